The first-order valence-corrected chi connectivity index (χ1v) is 7.99. The van der Waals surface area contributed by atoms with Gasteiger partial charge in [-0.1, -0.05) is 12.1 Å². The predicted octanol–water partition coefficient (Wildman–Crippen LogP) is 1.68. The van der Waals surface area contributed by atoms with E-state index in [1.54, 1.807) is 14.2 Å². The normalized spacial score (nSPS) is 19.0. The van der Waals surface area contributed by atoms with Crippen LogP contribution in [-0.4, -0.2) is 48.3 Å². The van der Waals surface area contributed by atoms with Crippen LogP contribution in [0.3, 0.4) is 0 Å². The molecular formula is C16H21N3O2S. The molecule has 0 bridgehead atoms. The van der Waals surface area contributed by atoms with Crippen molar-refractivity contribution in [1.29, 1.82) is 0 Å². The number of carbonyl (C=O) groups is 1. The quantitative estimate of drug-likeness (QED) is 0.859. The number of ether oxygens (including phenoxy) is 1. The predicted molar refractivity (Wildman–Crippen MR) is 88.6 cm³/mol. The Balaban J connectivity index is 1.82. The van der Waals surface area contributed by atoms with Crippen LogP contribution < -0.4 is 10.1 Å². The lowest BCUT2D eigenvalue weighted by Crippen LogP contribution is -2.51. The van der Waals surface area contributed by atoms with Gasteiger partial charge in [0.1, 0.15) is 5.75 Å². The maximum Gasteiger partial charge on any atom is 0.251 e. The van der Waals surface area contributed by atoms with Gasteiger partial charge >= 0.3 is 0 Å². The zero-order valence-corrected chi connectivity index (χ0v) is 13.8. The first-order valence-electron chi connectivity index (χ1n) is 7.58. The molecular weight excluding hydrogens is 298 g/mol. The fraction of sp³-hybridized carbons (Fsp3) is 0.500. The molecule has 0 spiro atoms. The molecule has 1 heterocycles. The largest absolute Gasteiger partial charge is 0.497 e. The van der Waals surface area contributed by atoms with E-state index in [9.17, 15) is 4.79 Å². The molecule has 1 aromatic rings. The first kappa shape index (κ1) is 15.1. The van der Waals surface area contributed by atoms with Crippen LogP contribution in [0.25, 0.3) is 0 Å². The molecule has 3 rings (SSSR count). The van der Waals surface area contributed by atoms with E-state index in [2.05, 4.69) is 5.32 Å². The van der Waals surface area contributed by atoms with Gasteiger partial charge in [-0.25, -0.2) is 0 Å². The van der Waals surface area contributed by atoms with E-state index in [0.717, 1.165) is 43.7 Å². The minimum atomic E-state index is -0.377. The molecule has 5 nitrogen and oxygen atoms in total. The average Bonchev–Trinajstić information content (AvgIpc) is 3.23. The second-order valence-corrected chi connectivity index (χ2v) is 6.16. The molecule has 1 aromatic carbocycles. The summed E-state index contributed by atoms with van der Waals surface area (Å²) in [6, 6.07) is 7.84. The van der Waals surface area contributed by atoms with E-state index in [4.69, 9.17) is 17.0 Å². The van der Waals surface area contributed by atoms with Crippen molar-refractivity contribution in [2.24, 2.45) is 0 Å². The Labute approximate surface area is 136 Å². The van der Waals surface area contributed by atoms with E-state index in [1.165, 1.54) is 0 Å². The minimum Gasteiger partial charge on any atom is -0.497 e. The lowest BCUT2D eigenvalue weighted by atomic mass is 9.94. The summed E-state index contributed by atoms with van der Waals surface area (Å²) in [5, 5.41) is 7.28. The molecule has 2 fully saturated rings. The molecule has 1 N–H and O–H groups in total. The molecule has 0 atom stereocenters. The third kappa shape index (κ3) is 2.41. The molecule has 6 heteroatoms. The second kappa shape index (κ2) is 5.76. The van der Waals surface area contributed by atoms with Crippen molar-refractivity contribution in [3.63, 3.8) is 0 Å². The van der Waals surface area contributed by atoms with Gasteiger partial charge in [-0.2, -0.15) is 0 Å². The number of methoxy groups -OCH3 is 1. The molecule has 0 radical (unpaired) electrons. The van der Waals surface area contributed by atoms with Crippen LogP contribution in [0.4, 0.5) is 0 Å². The second-order valence-electron chi connectivity index (χ2n) is 5.77. The van der Waals surface area contributed by atoms with Crippen LogP contribution >= 0.6 is 12.2 Å². The summed E-state index contributed by atoms with van der Waals surface area (Å²) in [6.07, 6.45) is 2.75. The molecule has 1 saturated heterocycles. The lowest BCUT2D eigenvalue weighted by molar-refractivity contribution is -0.141. The van der Waals surface area contributed by atoms with Crippen LogP contribution in [0.1, 0.15) is 24.8 Å². The van der Waals surface area contributed by atoms with E-state index in [0.29, 0.717) is 5.11 Å². The Morgan fingerprint density at radius 2 is 1.86 bits per heavy atom. The van der Waals surface area contributed by atoms with E-state index < -0.39 is 0 Å². The number of rotatable bonds is 3. The minimum absolute atomic E-state index is 0.160. The highest BCUT2D eigenvalue weighted by Crippen LogP contribution is 2.50. The maximum atomic E-state index is 13.1. The van der Waals surface area contributed by atoms with Crippen LogP contribution in [0.15, 0.2) is 24.3 Å². The topological polar surface area (TPSA) is 44.8 Å². The van der Waals surface area contributed by atoms with Crippen LogP contribution in [0.2, 0.25) is 0 Å². The summed E-state index contributed by atoms with van der Waals surface area (Å²) >= 11 is 5.31. The van der Waals surface area contributed by atoms with Crippen molar-refractivity contribution >= 4 is 23.2 Å². The van der Waals surface area contributed by atoms with Gasteiger partial charge in [-0.3, -0.25) is 14.8 Å². The Bertz CT molecular complexity index is 584. The molecule has 1 amide bonds. The Kier molecular flexibility index (Phi) is 3.95. The maximum absolute atomic E-state index is 13.1. The summed E-state index contributed by atoms with van der Waals surface area (Å²) in [6.45, 7) is 1.53. The number of thiocarbonyl (C=S) groups is 1. The number of hydrazine groups is 1. The van der Waals surface area contributed by atoms with Gasteiger partial charge in [0.05, 0.1) is 12.5 Å². The molecule has 0 unspecified atom stereocenters. The van der Waals surface area contributed by atoms with Crippen LogP contribution in [0.5, 0.6) is 5.75 Å². The number of hydrogen-bond acceptors (Lipinski definition) is 3. The molecule has 118 valence electrons. The van der Waals surface area contributed by atoms with Gasteiger partial charge in [0.2, 0.25) is 0 Å². The average molecular weight is 319 g/mol. The number of benzene rings is 1. The van der Waals surface area contributed by atoms with Gasteiger partial charge in [-0.15, -0.1) is 0 Å². The molecule has 0 aromatic heterocycles. The third-order valence-electron chi connectivity index (χ3n) is 4.52. The summed E-state index contributed by atoms with van der Waals surface area (Å²) < 4.78 is 5.20. The highest BCUT2D eigenvalue weighted by molar-refractivity contribution is 7.80. The number of nitrogens with one attached hydrogen (secondary N) is 1. The third-order valence-corrected chi connectivity index (χ3v) is 4.93. The first-order chi connectivity index (χ1) is 10.6. The number of amides is 1. The summed E-state index contributed by atoms with van der Waals surface area (Å²) in [7, 11) is 3.44. The Morgan fingerprint density at radius 1 is 1.23 bits per heavy atom. The van der Waals surface area contributed by atoms with Gasteiger partial charge in [0.25, 0.3) is 5.91 Å². The van der Waals surface area contributed by atoms with Gasteiger partial charge in [-0.05, 0) is 49.2 Å². The highest BCUT2D eigenvalue weighted by atomic mass is 32.1. The van der Waals surface area contributed by atoms with Gasteiger partial charge in [0.15, 0.2) is 5.11 Å². The van der Waals surface area contributed by atoms with Gasteiger partial charge < -0.3 is 10.1 Å². The molecule has 2 aliphatic rings. The Hall–Kier alpha value is -1.82. The van der Waals surface area contributed by atoms with Crippen molar-refractivity contribution in [3.05, 3.63) is 29.8 Å². The highest BCUT2D eigenvalue weighted by Gasteiger charge is 2.54. The van der Waals surface area contributed by atoms with Crippen molar-refractivity contribution in [2.75, 3.05) is 27.2 Å². The van der Waals surface area contributed by atoms with E-state index in [-0.39, 0.29) is 11.3 Å². The Morgan fingerprint density at radius 3 is 2.41 bits per heavy atom. The van der Waals surface area contributed by atoms with Crippen molar-refractivity contribution in [2.45, 2.75) is 24.7 Å². The van der Waals surface area contributed by atoms with Crippen LogP contribution in [-0.2, 0) is 10.2 Å². The zero-order valence-electron chi connectivity index (χ0n) is 13.0. The molecule has 1 aliphatic carbocycles. The monoisotopic (exact) mass is 319 g/mol. The smallest absolute Gasteiger partial charge is 0.251 e. The number of hydrogen-bond donors (Lipinski definition) is 1. The SMILES string of the molecule is CNC(=S)N1CCCN1C(=O)C1(c2ccc(OC)cc2)CC1. The number of nitrogens with zero attached hydrogens (tertiary/aromatic N) is 2. The van der Waals surface area contributed by atoms with Gasteiger partial charge in [0, 0.05) is 20.1 Å². The van der Waals surface area contributed by atoms with E-state index >= 15 is 0 Å². The fourth-order valence-electron chi connectivity index (χ4n) is 3.07. The molecule has 1 aliphatic heterocycles. The summed E-state index contributed by atoms with van der Waals surface area (Å²) in [5.41, 5.74) is 0.693. The van der Waals surface area contributed by atoms with Crippen molar-refractivity contribution in [1.82, 2.24) is 15.3 Å². The fourth-order valence-corrected chi connectivity index (χ4v) is 3.26. The number of carbonyl (C=O) groups excluding carboxylic acids is 1. The molecule has 1 saturated carbocycles. The van der Waals surface area contributed by atoms with E-state index in [1.807, 2.05) is 34.3 Å². The molecule has 22 heavy (non-hydrogen) atoms. The summed E-state index contributed by atoms with van der Waals surface area (Å²) in [5.74, 6) is 0.971. The lowest BCUT2D eigenvalue weighted by Gasteiger charge is -2.32. The summed E-state index contributed by atoms with van der Waals surface area (Å²) in [4.78, 5) is 13.1. The zero-order chi connectivity index (χ0) is 15.7. The van der Waals surface area contributed by atoms with Crippen molar-refractivity contribution in [3.8, 4) is 5.75 Å². The standard InChI is InChI=1S/C16H21N3O2S/c1-17-15(22)19-11-3-10-18(19)14(20)16(8-9-16)12-4-6-13(21-2)7-5-12/h4-7H,3,8-11H2,1-2H3,(H,17,22). The van der Waals surface area contributed by atoms with Crippen LogP contribution in [0, 0.1) is 0 Å². The van der Waals surface area contributed by atoms with Crippen molar-refractivity contribution < 1.29 is 9.53 Å².